The molecule has 15 heavy (non-hydrogen) atoms. The topological polar surface area (TPSA) is 81.8 Å². The minimum atomic E-state index is -0.737. The van der Waals surface area contributed by atoms with E-state index in [1.54, 1.807) is 17.1 Å². The maximum Gasteiger partial charge on any atom is 0.404 e. The molecule has 2 N–H and O–H groups in total. The number of Topliss-reactive ketones (excluding diaryl/α,β-unsaturated/α-hetero) is 1. The Morgan fingerprint density at radius 3 is 2.73 bits per heavy atom. The molecule has 1 rings (SSSR count). The van der Waals surface area contributed by atoms with Gasteiger partial charge in [0, 0.05) is 0 Å². The number of primary amides is 1. The van der Waals surface area contributed by atoms with Crippen molar-refractivity contribution in [1.82, 2.24) is 0 Å². The number of ketones is 1. The summed E-state index contributed by atoms with van der Waals surface area (Å²) in [5, 5.41) is 0. The summed E-state index contributed by atoms with van der Waals surface area (Å²) in [6, 6.07) is 0. The van der Waals surface area contributed by atoms with Crippen molar-refractivity contribution in [1.29, 1.82) is 0 Å². The number of hydrogen-bond acceptors (Lipinski definition) is 5. The third-order valence-electron chi connectivity index (χ3n) is 1.21. The maximum absolute atomic E-state index is 10.4. The van der Waals surface area contributed by atoms with Gasteiger partial charge in [0.25, 0.3) is 0 Å². The smallest absolute Gasteiger partial charge is 0.404 e. The second-order valence-corrected chi connectivity index (χ2v) is 3.81. The number of halogens is 1. The predicted molar refractivity (Wildman–Crippen MR) is 69.3 cm³/mol. The van der Waals surface area contributed by atoms with E-state index in [1.807, 2.05) is 22.6 Å². The van der Waals surface area contributed by atoms with Crippen LogP contribution in [0.2, 0.25) is 0 Å². The van der Waals surface area contributed by atoms with Crippen LogP contribution in [0, 0.1) is 0 Å². The van der Waals surface area contributed by atoms with Gasteiger partial charge in [-0.25, -0.2) is 9.19 Å². The van der Waals surface area contributed by atoms with Gasteiger partial charge in [-0.05, 0) is 29.0 Å². The Labute approximate surface area is 106 Å². The van der Waals surface area contributed by atoms with Gasteiger partial charge in [0.2, 0.25) is 0 Å². The van der Waals surface area contributed by atoms with Gasteiger partial charge in [-0.15, -0.1) is 0 Å². The van der Waals surface area contributed by atoms with Gasteiger partial charge in [0.05, 0.1) is 11.5 Å². The highest BCUT2D eigenvalue weighted by atomic mass is 127. The molecule has 0 bridgehead atoms. The standard InChI is InChI=1S/C4H6INO2.C4H5NOS/c5-2-1-3-8-4(6)7;1-3-4(6)2-7-5-3/h1-2H,3H2,(H2,6,7);2H2,1H3. The lowest BCUT2D eigenvalue weighted by Gasteiger charge is -1.91. The van der Waals surface area contributed by atoms with Crippen LogP contribution in [0.5, 0.6) is 0 Å². The molecule has 1 aliphatic rings. The zero-order chi connectivity index (χ0) is 11.7. The largest absolute Gasteiger partial charge is 0.445 e. The quantitative estimate of drug-likeness (QED) is 0.612. The second kappa shape index (κ2) is 8.72. The first-order valence-corrected chi connectivity index (χ1v) is 6.14. The number of hydrogen-bond donors (Lipinski definition) is 1. The van der Waals surface area contributed by atoms with E-state index < -0.39 is 6.09 Å². The molecule has 0 aromatic heterocycles. The molecule has 0 aromatic rings. The van der Waals surface area contributed by atoms with Crippen LogP contribution < -0.4 is 5.73 Å². The Kier molecular flexibility index (Phi) is 8.38. The van der Waals surface area contributed by atoms with E-state index in [0.29, 0.717) is 11.5 Å². The molecule has 0 radical (unpaired) electrons. The van der Waals surface area contributed by atoms with Crippen molar-refractivity contribution in [3.63, 3.8) is 0 Å². The minimum Gasteiger partial charge on any atom is -0.445 e. The van der Waals surface area contributed by atoms with Crippen molar-refractivity contribution in [2.75, 3.05) is 12.4 Å². The summed E-state index contributed by atoms with van der Waals surface area (Å²) >= 11 is 3.35. The monoisotopic (exact) mass is 342 g/mol. The molecule has 0 fully saturated rings. The van der Waals surface area contributed by atoms with Crippen LogP contribution in [-0.2, 0) is 9.53 Å². The Hall–Kier alpha value is -0.570. The van der Waals surface area contributed by atoms with Crippen LogP contribution in [0.25, 0.3) is 0 Å². The van der Waals surface area contributed by atoms with E-state index in [-0.39, 0.29) is 12.4 Å². The number of ether oxygens (including phenoxy) is 1. The van der Waals surface area contributed by atoms with Gasteiger partial charge in [-0.3, -0.25) is 4.79 Å². The Morgan fingerprint density at radius 2 is 2.47 bits per heavy atom. The predicted octanol–water partition coefficient (Wildman–Crippen LogP) is 1.71. The Balaban J connectivity index is 0.000000262. The molecule has 84 valence electrons. The lowest BCUT2D eigenvalue weighted by molar-refractivity contribution is -0.110. The molecule has 1 heterocycles. The molecule has 0 saturated heterocycles. The number of carbonyl (C=O) groups excluding carboxylic acids is 2. The molecule has 0 aromatic carbocycles. The first-order chi connectivity index (χ1) is 7.07. The molecular formula is C8H11IN2O3S. The lowest BCUT2D eigenvalue weighted by atomic mass is 10.3. The first-order valence-electron chi connectivity index (χ1n) is 3.95. The molecule has 0 saturated carbocycles. The van der Waals surface area contributed by atoms with Crippen molar-refractivity contribution in [2.24, 2.45) is 10.1 Å². The highest BCUT2D eigenvalue weighted by Crippen LogP contribution is 2.10. The SMILES string of the molecule is CC1=NSCC1=O.NC(=O)OCC=CI. The first kappa shape index (κ1) is 14.4. The third kappa shape index (κ3) is 8.43. The zero-order valence-electron chi connectivity index (χ0n) is 8.10. The molecule has 5 nitrogen and oxygen atoms in total. The van der Waals surface area contributed by atoms with Gasteiger partial charge in [0.1, 0.15) is 6.61 Å². The lowest BCUT2D eigenvalue weighted by Crippen LogP contribution is -2.12. The summed E-state index contributed by atoms with van der Waals surface area (Å²) in [7, 11) is 0. The number of nitrogens with zero attached hydrogens (tertiary/aromatic N) is 1. The number of amides is 1. The van der Waals surface area contributed by atoms with Crippen LogP contribution in [0.3, 0.4) is 0 Å². The zero-order valence-corrected chi connectivity index (χ0v) is 11.1. The van der Waals surface area contributed by atoms with Gasteiger partial charge >= 0.3 is 6.09 Å². The van der Waals surface area contributed by atoms with Gasteiger partial charge < -0.3 is 10.5 Å². The van der Waals surface area contributed by atoms with E-state index in [4.69, 9.17) is 0 Å². The molecule has 1 aliphatic heterocycles. The molecule has 0 atom stereocenters. The molecule has 1 amide bonds. The van der Waals surface area contributed by atoms with Crippen molar-refractivity contribution >= 4 is 52.1 Å². The van der Waals surface area contributed by atoms with Gasteiger partial charge in [-0.1, -0.05) is 22.6 Å². The van der Waals surface area contributed by atoms with Crippen molar-refractivity contribution < 1.29 is 14.3 Å². The average Bonchev–Trinajstić information content (AvgIpc) is 2.52. The number of rotatable bonds is 2. The van der Waals surface area contributed by atoms with E-state index in [1.165, 1.54) is 11.9 Å². The maximum atomic E-state index is 10.4. The van der Waals surface area contributed by atoms with Crippen LogP contribution in [0.15, 0.2) is 14.6 Å². The fourth-order valence-corrected chi connectivity index (χ4v) is 1.40. The van der Waals surface area contributed by atoms with E-state index >= 15 is 0 Å². The number of nitrogens with two attached hydrogens (primary N) is 1. The molecule has 0 unspecified atom stereocenters. The van der Waals surface area contributed by atoms with Crippen LogP contribution >= 0.6 is 34.5 Å². The van der Waals surface area contributed by atoms with Crippen LogP contribution in [-0.4, -0.2) is 29.9 Å². The average molecular weight is 342 g/mol. The van der Waals surface area contributed by atoms with Gasteiger partial charge in [-0.2, -0.15) is 0 Å². The summed E-state index contributed by atoms with van der Waals surface area (Å²) < 4.78 is 9.88. The van der Waals surface area contributed by atoms with Gasteiger partial charge in [0.15, 0.2) is 5.78 Å². The summed E-state index contributed by atoms with van der Waals surface area (Å²) in [5.41, 5.74) is 5.29. The Morgan fingerprint density at radius 1 is 1.80 bits per heavy atom. The molecular weight excluding hydrogens is 331 g/mol. The van der Waals surface area contributed by atoms with E-state index in [9.17, 15) is 9.59 Å². The van der Waals surface area contributed by atoms with Crippen molar-refractivity contribution in [3.8, 4) is 0 Å². The summed E-state index contributed by atoms with van der Waals surface area (Å²) in [5.74, 6) is 0.719. The van der Waals surface area contributed by atoms with E-state index in [0.717, 1.165) is 0 Å². The summed E-state index contributed by atoms with van der Waals surface area (Å²) in [4.78, 5) is 20.3. The summed E-state index contributed by atoms with van der Waals surface area (Å²) in [6.07, 6.45) is 0.949. The minimum absolute atomic E-state index is 0.171. The summed E-state index contributed by atoms with van der Waals surface area (Å²) in [6.45, 7) is 2.00. The van der Waals surface area contributed by atoms with Crippen LogP contribution in [0.4, 0.5) is 4.79 Å². The second-order valence-electron chi connectivity index (χ2n) is 2.37. The molecule has 0 aliphatic carbocycles. The van der Waals surface area contributed by atoms with Crippen molar-refractivity contribution in [3.05, 3.63) is 10.2 Å². The Bertz CT molecular complexity index is 292. The number of carbonyl (C=O) groups is 2. The molecule has 7 heteroatoms. The molecule has 0 spiro atoms. The fourth-order valence-electron chi connectivity index (χ4n) is 0.510. The highest BCUT2D eigenvalue weighted by molar-refractivity contribution is 14.1. The third-order valence-corrected chi connectivity index (χ3v) is 2.51. The van der Waals surface area contributed by atoms with Crippen molar-refractivity contribution in [2.45, 2.75) is 6.92 Å². The van der Waals surface area contributed by atoms with Crippen LogP contribution in [0.1, 0.15) is 6.92 Å². The van der Waals surface area contributed by atoms with E-state index in [2.05, 4.69) is 14.9 Å². The fraction of sp³-hybridized carbons (Fsp3) is 0.375. The highest BCUT2D eigenvalue weighted by Gasteiger charge is 2.11. The normalized spacial score (nSPS) is 14.5.